The maximum atomic E-state index is 8.00. The van der Waals surface area contributed by atoms with E-state index in [1.807, 2.05) is 67.9 Å². The van der Waals surface area contributed by atoms with Gasteiger partial charge in [0.05, 0.1) is 12.8 Å². The highest BCUT2D eigenvalue weighted by atomic mass is 35.5. The number of allylic oxidation sites excluding steroid dienone is 1. The van der Waals surface area contributed by atoms with Gasteiger partial charge < -0.3 is 9.59 Å². The third kappa shape index (κ3) is 6.72. The molecule has 0 radical (unpaired) electrons. The topological polar surface area (TPSA) is 65.3 Å². The highest BCUT2D eigenvalue weighted by Gasteiger charge is 2.34. The summed E-state index contributed by atoms with van der Waals surface area (Å²) in [6.07, 6.45) is 1.89. The molecule has 0 fully saturated rings. The fourth-order valence-corrected chi connectivity index (χ4v) is 4.00. The first kappa shape index (κ1) is 29.9. The largest absolute Gasteiger partial charge is 0.307 e. The van der Waals surface area contributed by atoms with Gasteiger partial charge in [-0.1, -0.05) is 104 Å². The minimum absolute atomic E-state index is 0.631. The zero-order valence-corrected chi connectivity index (χ0v) is 23.1. The summed E-state index contributed by atoms with van der Waals surface area (Å²) in [6, 6.07) is 24.8. The second-order valence-corrected chi connectivity index (χ2v) is 8.54. The Morgan fingerprint density at radius 3 is 1.82 bits per heavy atom. The molecule has 3 aromatic rings. The van der Waals surface area contributed by atoms with E-state index >= 15 is 0 Å². The molecule has 196 valence electrons. The van der Waals surface area contributed by atoms with Crippen LogP contribution >= 0.6 is 11.6 Å². The number of nitrogens with zero attached hydrogens (tertiary/aromatic N) is 4. The van der Waals surface area contributed by atoms with E-state index in [-0.39, 0.29) is 0 Å². The molecule has 2 aliphatic heterocycles. The highest BCUT2D eigenvalue weighted by Crippen LogP contribution is 2.37. The van der Waals surface area contributed by atoms with Gasteiger partial charge in [0.15, 0.2) is 5.84 Å². The van der Waals surface area contributed by atoms with Crippen LogP contribution in [0.25, 0.3) is 11.1 Å². The molecular formula is C31H33ClN4O2. The van der Waals surface area contributed by atoms with E-state index in [1.54, 1.807) is 0 Å². The van der Waals surface area contributed by atoms with Crippen LogP contribution in [0.4, 0.5) is 0 Å². The Bertz CT molecular complexity index is 1310. The smallest absolute Gasteiger partial charge is 0.184 e. The third-order valence-electron chi connectivity index (χ3n) is 5.70. The Morgan fingerprint density at radius 2 is 1.26 bits per heavy atom. The molecule has 0 saturated heterocycles. The molecule has 0 saturated carbocycles. The van der Waals surface area contributed by atoms with Crippen LogP contribution in [0, 0.1) is 13.8 Å². The van der Waals surface area contributed by atoms with E-state index in [4.69, 9.17) is 31.4 Å². The number of fused-ring (bicyclic) bond motifs is 1. The number of carbonyl (C=O) groups excluding carboxylic acids is 2. The van der Waals surface area contributed by atoms with E-state index in [9.17, 15) is 0 Å². The molecule has 38 heavy (non-hydrogen) atoms. The molecule has 0 aliphatic carbocycles. The zero-order valence-electron chi connectivity index (χ0n) is 22.3. The van der Waals surface area contributed by atoms with Gasteiger partial charge in [-0.3, -0.25) is 0 Å². The Kier molecular flexibility index (Phi) is 11.4. The molecule has 0 aromatic heterocycles. The first-order valence-electron chi connectivity index (χ1n) is 12.1. The normalized spacial score (nSPS) is 13.3. The van der Waals surface area contributed by atoms with Crippen LogP contribution < -0.4 is 0 Å². The number of benzene rings is 3. The molecule has 3 aromatic carbocycles. The van der Waals surface area contributed by atoms with Crippen molar-refractivity contribution in [1.29, 1.82) is 0 Å². The molecule has 0 atom stereocenters. The van der Waals surface area contributed by atoms with Gasteiger partial charge in [-0.25, -0.2) is 5.01 Å². The summed E-state index contributed by atoms with van der Waals surface area (Å²) in [7, 11) is 0. The van der Waals surface area contributed by atoms with E-state index < -0.39 is 0 Å². The lowest BCUT2D eigenvalue weighted by atomic mass is 9.93. The summed E-state index contributed by atoms with van der Waals surface area (Å²) < 4.78 is 0. The first-order valence-corrected chi connectivity index (χ1v) is 12.5. The Balaban J connectivity index is 0.000000791. The molecule has 0 N–H and O–H groups in total. The van der Waals surface area contributed by atoms with Gasteiger partial charge >= 0.3 is 0 Å². The molecule has 6 nitrogen and oxygen atoms in total. The first-order chi connectivity index (χ1) is 18.5. The van der Waals surface area contributed by atoms with E-state index in [0.29, 0.717) is 11.6 Å². The maximum Gasteiger partial charge on any atom is 0.184 e. The summed E-state index contributed by atoms with van der Waals surface area (Å²) in [5, 5.41) is 14.1. The average molecular weight is 529 g/mol. The van der Waals surface area contributed by atoms with Gasteiger partial charge in [-0.2, -0.15) is 15.2 Å². The van der Waals surface area contributed by atoms with Crippen molar-refractivity contribution in [2.24, 2.45) is 10.2 Å². The van der Waals surface area contributed by atoms with Crippen molar-refractivity contribution in [2.75, 3.05) is 0 Å². The maximum absolute atomic E-state index is 8.00. The van der Waals surface area contributed by atoms with Crippen molar-refractivity contribution >= 4 is 48.4 Å². The number of rotatable bonds is 4. The predicted octanol–water partition coefficient (Wildman–Crippen LogP) is 7.13. The highest BCUT2D eigenvalue weighted by molar-refractivity contribution is 6.40. The predicted molar refractivity (Wildman–Crippen MR) is 159 cm³/mol. The molecule has 0 amide bonds. The number of hydrazone groups is 2. The van der Waals surface area contributed by atoms with Crippen LogP contribution in [-0.4, -0.2) is 35.6 Å². The van der Waals surface area contributed by atoms with E-state index in [2.05, 4.69) is 69.0 Å². The molecule has 2 aliphatic rings. The van der Waals surface area contributed by atoms with E-state index in [1.165, 1.54) is 16.7 Å². The van der Waals surface area contributed by atoms with Crippen LogP contribution in [0.5, 0.6) is 0 Å². The molecule has 7 heteroatoms. The van der Waals surface area contributed by atoms with Crippen LogP contribution in [0.3, 0.4) is 0 Å². The Morgan fingerprint density at radius 1 is 0.763 bits per heavy atom. The summed E-state index contributed by atoms with van der Waals surface area (Å²) >= 11 is 6.14. The van der Waals surface area contributed by atoms with E-state index in [0.717, 1.165) is 33.9 Å². The lowest BCUT2D eigenvalue weighted by Gasteiger charge is -2.24. The van der Waals surface area contributed by atoms with Crippen LogP contribution in [0.1, 0.15) is 41.7 Å². The number of hydrogen-bond donors (Lipinski definition) is 0. The van der Waals surface area contributed by atoms with Gasteiger partial charge in [0.2, 0.25) is 0 Å². The molecule has 0 bridgehead atoms. The second kappa shape index (κ2) is 14.4. The molecular weight excluding hydrogens is 496 g/mol. The van der Waals surface area contributed by atoms with Crippen LogP contribution in [0.2, 0.25) is 5.02 Å². The Labute approximate surface area is 230 Å². The van der Waals surface area contributed by atoms with Gasteiger partial charge in [0, 0.05) is 16.2 Å². The van der Waals surface area contributed by atoms with Gasteiger partial charge in [-0.05, 0) is 42.7 Å². The molecule has 0 unspecified atom stereocenters. The SMILES string of the molecule is C=C1N(Cc2ccc(C)cc2)N=C2C(c3ccc(C)cc3)=C(c3ccc(Cl)cc3)C=NN12.C=O.C=O.CC. The lowest BCUT2D eigenvalue weighted by Crippen LogP contribution is -2.27. The van der Waals surface area contributed by atoms with Gasteiger partial charge in [-0.15, -0.1) is 0 Å². The van der Waals surface area contributed by atoms with Crippen molar-refractivity contribution in [1.82, 2.24) is 10.0 Å². The number of halogens is 1. The summed E-state index contributed by atoms with van der Waals surface area (Å²) in [4.78, 5) is 16.0. The Hall–Kier alpha value is -4.29. The summed E-state index contributed by atoms with van der Waals surface area (Å²) in [6.45, 7) is 17.1. The lowest BCUT2D eigenvalue weighted by molar-refractivity contribution is -0.0987. The number of amidine groups is 1. The van der Waals surface area contributed by atoms with Crippen molar-refractivity contribution < 1.29 is 9.59 Å². The summed E-state index contributed by atoms with van der Waals surface area (Å²) in [5.74, 6) is 1.51. The molecule has 2 heterocycles. The average Bonchev–Trinajstić information content (AvgIpc) is 3.28. The molecule has 5 rings (SSSR count). The van der Waals surface area contributed by atoms with Crippen molar-refractivity contribution in [3.05, 3.63) is 118 Å². The second-order valence-electron chi connectivity index (χ2n) is 8.10. The fraction of sp³-hybridized carbons (Fsp3) is 0.161. The number of carbonyl (C=O) groups is 2. The third-order valence-corrected chi connectivity index (χ3v) is 5.95. The number of hydrogen-bond acceptors (Lipinski definition) is 6. The standard InChI is InChI=1S/C27H23ClN4.C2H6.2CH2O/c1-18-4-8-21(9-5-18)17-31-20(3)32-27(30-31)26(23-10-6-19(2)7-11-23)25(16-29-32)22-12-14-24(28)15-13-22;3*1-2/h4-16H,3,17H2,1-2H3;1-2H3;2*1H2. The van der Waals surface area contributed by atoms with Crippen LogP contribution in [-0.2, 0) is 16.1 Å². The van der Waals surface area contributed by atoms with Crippen molar-refractivity contribution in [3.63, 3.8) is 0 Å². The quantitative estimate of drug-likeness (QED) is 0.361. The monoisotopic (exact) mass is 528 g/mol. The van der Waals surface area contributed by atoms with Crippen LogP contribution in [0.15, 0.2) is 95.4 Å². The minimum atomic E-state index is 0.631. The van der Waals surface area contributed by atoms with Gasteiger partial charge in [0.1, 0.15) is 19.4 Å². The van der Waals surface area contributed by atoms with Gasteiger partial charge in [0.25, 0.3) is 0 Å². The number of aryl methyl sites for hydroxylation is 2. The minimum Gasteiger partial charge on any atom is -0.307 e. The fourth-order valence-electron chi connectivity index (χ4n) is 3.87. The van der Waals surface area contributed by atoms with Crippen molar-refractivity contribution in [2.45, 2.75) is 34.2 Å². The molecule has 0 spiro atoms. The summed E-state index contributed by atoms with van der Waals surface area (Å²) in [5.41, 5.74) is 7.77. The zero-order chi connectivity index (χ0) is 28.2. The van der Waals surface area contributed by atoms with Crippen molar-refractivity contribution in [3.8, 4) is 0 Å².